The first-order valence-electron chi connectivity index (χ1n) is 7.21. The zero-order valence-corrected chi connectivity index (χ0v) is 13.3. The first-order valence-corrected chi connectivity index (χ1v) is 8.09. The molecule has 23 heavy (non-hydrogen) atoms. The third kappa shape index (κ3) is 2.80. The summed E-state index contributed by atoms with van der Waals surface area (Å²) in [6.07, 6.45) is 1.85. The molecule has 0 unspecified atom stereocenters. The van der Waals surface area contributed by atoms with Crippen molar-refractivity contribution in [2.24, 2.45) is 7.05 Å². The normalized spacial score (nSPS) is 11.0. The zero-order chi connectivity index (χ0) is 15.6. The van der Waals surface area contributed by atoms with Gasteiger partial charge in [0.1, 0.15) is 18.1 Å². The molecular formula is C17H14N4OS. The molecule has 0 saturated carbocycles. The quantitative estimate of drug-likeness (QED) is 0.575. The Balaban J connectivity index is 1.71. The van der Waals surface area contributed by atoms with E-state index in [9.17, 15) is 0 Å². The number of nitrogens with zero attached hydrogens (tertiary/aromatic N) is 4. The van der Waals surface area contributed by atoms with Crippen molar-refractivity contribution in [3.05, 3.63) is 59.7 Å². The molecule has 6 heteroatoms. The fourth-order valence-electron chi connectivity index (χ4n) is 2.40. The van der Waals surface area contributed by atoms with Crippen LogP contribution in [-0.2, 0) is 13.7 Å². The minimum absolute atomic E-state index is 0.388. The van der Waals surface area contributed by atoms with Crippen molar-refractivity contribution in [1.82, 2.24) is 20.0 Å². The highest BCUT2D eigenvalue weighted by molar-refractivity contribution is 7.17. The predicted octanol–water partition coefficient (Wildman–Crippen LogP) is 3.67. The van der Waals surface area contributed by atoms with Gasteiger partial charge in [-0.2, -0.15) is 0 Å². The molecule has 0 amide bonds. The minimum Gasteiger partial charge on any atom is -0.486 e. The van der Waals surface area contributed by atoms with Crippen molar-refractivity contribution < 1.29 is 4.74 Å². The molecule has 3 aromatic heterocycles. The highest BCUT2D eigenvalue weighted by atomic mass is 32.1. The van der Waals surface area contributed by atoms with E-state index in [-0.39, 0.29) is 0 Å². The Labute approximate surface area is 137 Å². The van der Waals surface area contributed by atoms with Gasteiger partial charge in [-0.05, 0) is 11.4 Å². The van der Waals surface area contributed by atoms with Crippen LogP contribution in [0.1, 0.15) is 5.69 Å². The standard InChI is InChI=1S/C17H14N4OS/c1-21-10-13(19-20-21)11-22-16-9-15(12-5-3-2-4-6-12)18-14-7-8-23-17(14)16/h2-10H,11H2,1H3. The van der Waals surface area contributed by atoms with Gasteiger partial charge in [0, 0.05) is 18.7 Å². The van der Waals surface area contributed by atoms with Gasteiger partial charge >= 0.3 is 0 Å². The molecule has 3 heterocycles. The lowest BCUT2D eigenvalue weighted by molar-refractivity contribution is 0.305. The summed E-state index contributed by atoms with van der Waals surface area (Å²) in [5.41, 5.74) is 3.73. The van der Waals surface area contributed by atoms with Crippen LogP contribution in [0.2, 0.25) is 0 Å². The Morgan fingerprint density at radius 3 is 2.83 bits per heavy atom. The largest absolute Gasteiger partial charge is 0.486 e. The van der Waals surface area contributed by atoms with Gasteiger partial charge in [-0.3, -0.25) is 4.68 Å². The summed E-state index contributed by atoms with van der Waals surface area (Å²) in [7, 11) is 1.84. The molecule has 114 valence electrons. The molecule has 5 nitrogen and oxygen atoms in total. The van der Waals surface area contributed by atoms with Crippen LogP contribution in [0.25, 0.3) is 21.5 Å². The molecule has 0 N–H and O–H groups in total. The number of ether oxygens (including phenoxy) is 1. The van der Waals surface area contributed by atoms with Gasteiger partial charge in [-0.25, -0.2) is 4.98 Å². The summed E-state index contributed by atoms with van der Waals surface area (Å²) in [5, 5.41) is 10.0. The van der Waals surface area contributed by atoms with Crippen molar-refractivity contribution >= 4 is 21.6 Å². The molecule has 0 aliphatic carbocycles. The molecule has 4 aromatic rings. The Morgan fingerprint density at radius 2 is 2.04 bits per heavy atom. The molecule has 0 atom stereocenters. The van der Waals surface area contributed by atoms with Crippen LogP contribution in [-0.4, -0.2) is 20.0 Å². The highest BCUT2D eigenvalue weighted by Crippen LogP contribution is 2.33. The monoisotopic (exact) mass is 322 g/mol. The van der Waals surface area contributed by atoms with Crippen LogP contribution in [0.15, 0.2) is 54.0 Å². The molecule has 0 spiro atoms. The second kappa shape index (κ2) is 5.81. The second-order valence-electron chi connectivity index (χ2n) is 5.18. The third-order valence-corrected chi connectivity index (χ3v) is 4.39. The lowest BCUT2D eigenvalue weighted by Crippen LogP contribution is -1.97. The van der Waals surface area contributed by atoms with Gasteiger partial charge in [-0.1, -0.05) is 35.5 Å². The number of thiophene rings is 1. The lowest BCUT2D eigenvalue weighted by Gasteiger charge is -2.08. The van der Waals surface area contributed by atoms with E-state index in [0.717, 1.165) is 32.9 Å². The third-order valence-electron chi connectivity index (χ3n) is 3.47. The smallest absolute Gasteiger partial charge is 0.141 e. The average molecular weight is 322 g/mol. The van der Waals surface area contributed by atoms with Crippen LogP contribution in [0, 0.1) is 0 Å². The van der Waals surface area contributed by atoms with Crippen molar-refractivity contribution in [1.29, 1.82) is 0 Å². The zero-order valence-electron chi connectivity index (χ0n) is 12.5. The predicted molar refractivity (Wildman–Crippen MR) is 90.4 cm³/mol. The molecular weight excluding hydrogens is 308 g/mol. The summed E-state index contributed by atoms with van der Waals surface area (Å²) in [6.45, 7) is 0.388. The molecule has 0 radical (unpaired) electrons. The number of hydrogen-bond donors (Lipinski definition) is 0. The van der Waals surface area contributed by atoms with E-state index in [0.29, 0.717) is 6.61 Å². The highest BCUT2D eigenvalue weighted by Gasteiger charge is 2.11. The fraction of sp³-hybridized carbons (Fsp3) is 0.118. The summed E-state index contributed by atoms with van der Waals surface area (Å²) in [5.74, 6) is 0.828. The summed E-state index contributed by atoms with van der Waals surface area (Å²) in [6, 6.07) is 14.1. The number of fused-ring (bicyclic) bond motifs is 1. The van der Waals surface area contributed by atoms with E-state index in [1.54, 1.807) is 16.0 Å². The number of rotatable bonds is 4. The maximum atomic E-state index is 5.99. The van der Waals surface area contributed by atoms with Gasteiger partial charge in [0.15, 0.2) is 0 Å². The van der Waals surface area contributed by atoms with Crippen molar-refractivity contribution in [3.8, 4) is 17.0 Å². The van der Waals surface area contributed by atoms with Crippen LogP contribution in [0.4, 0.5) is 0 Å². The van der Waals surface area contributed by atoms with E-state index < -0.39 is 0 Å². The van der Waals surface area contributed by atoms with Gasteiger partial charge in [0.25, 0.3) is 0 Å². The maximum absolute atomic E-state index is 5.99. The number of aryl methyl sites for hydroxylation is 1. The Kier molecular flexibility index (Phi) is 3.51. The molecule has 0 bridgehead atoms. The van der Waals surface area contributed by atoms with Gasteiger partial charge in [-0.15, -0.1) is 16.4 Å². The number of benzene rings is 1. The van der Waals surface area contributed by atoms with Crippen LogP contribution >= 0.6 is 11.3 Å². The lowest BCUT2D eigenvalue weighted by atomic mass is 10.1. The summed E-state index contributed by atoms with van der Waals surface area (Å²) in [4.78, 5) is 4.72. The van der Waals surface area contributed by atoms with Gasteiger partial charge in [0.05, 0.1) is 22.1 Å². The Bertz CT molecular complexity index is 946. The Morgan fingerprint density at radius 1 is 1.17 bits per heavy atom. The molecule has 0 aliphatic rings. The summed E-state index contributed by atoms with van der Waals surface area (Å²) < 4.78 is 8.71. The molecule has 0 saturated heterocycles. The van der Waals surface area contributed by atoms with Crippen LogP contribution in [0.3, 0.4) is 0 Å². The van der Waals surface area contributed by atoms with Gasteiger partial charge in [0.2, 0.25) is 0 Å². The SMILES string of the molecule is Cn1cc(COc2cc(-c3ccccc3)nc3ccsc23)nn1. The van der Waals surface area contributed by atoms with Crippen molar-refractivity contribution in [3.63, 3.8) is 0 Å². The van der Waals surface area contributed by atoms with E-state index in [2.05, 4.69) is 10.3 Å². The second-order valence-corrected chi connectivity index (χ2v) is 6.09. The van der Waals surface area contributed by atoms with Crippen molar-refractivity contribution in [2.45, 2.75) is 6.61 Å². The van der Waals surface area contributed by atoms with E-state index in [1.807, 2.05) is 61.1 Å². The van der Waals surface area contributed by atoms with E-state index >= 15 is 0 Å². The van der Waals surface area contributed by atoms with E-state index in [1.165, 1.54) is 0 Å². The fourth-order valence-corrected chi connectivity index (χ4v) is 3.21. The van der Waals surface area contributed by atoms with Gasteiger partial charge < -0.3 is 4.74 Å². The van der Waals surface area contributed by atoms with Crippen molar-refractivity contribution in [2.75, 3.05) is 0 Å². The number of hydrogen-bond acceptors (Lipinski definition) is 5. The topological polar surface area (TPSA) is 52.8 Å². The van der Waals surface area contributed by atoms with Crippen LogP contribution in [0.5, 0.6) is 5.75 Å². The maximum Gasteiger partial charge on any atom is 0.141 e. The van der Waals surface area contributed by atoms with E-state index in [4.69, 9.17) is 9.72 Å². The molecule has 4 rings (SSSR count). The molecule has 0 aliphatic heterocycles. The molecule has 0 fully saturated rings. The summed E-state index contributed by atoms with van der Waals surface area (Å²) >= 11 is 1.63. The number of pyridine rings is 1. The molecule has 1 aromatic carbocycles. The number of aromatic nitrogens is 4. The minimum atomic E-state index is 0.388. The Hall–Kier alpha value is -2.73. The average Bonchev–Trinajstić information content (AvgIpc) is 3.22. The first kappa shape index (κ1) is 13.9. The van der Waals surface area contributed by atoms with Crippen LogP contribution < -0.4 is 4.74 Å². The first-order chi connectivity index (χ1) is 11.3.